The number of likely N-dealkylation sites (tertiary alicyclic amines) is 1. The summed E-state index contributed by atoms with van der Waals surface area (Å²) in [5.41, 5.74) is 0. The van der Waals surface area contributed by atoms with Gasteiger partial charge in [0.25, 0.3) is 5.95 Å². The number of hydrogen-bond donors (Lipinski definition) is 1. The fourth-order valence-electron chi connectivity index (χ4n) is 3.12. The van der Waals surface area contributed by atoms with E-state index in [0.29, 0.717) is 24.3 Å². The minimum atomic E-state index is 0.129. The SMILES string of the molecule is CO[C@@H]1C[C@@H](c2nc(C3CC3)n[nH]2)N(Cc2nc(N(C)C)no2)C1. The number of nitrogens with zero attached hydrogens (tertiary/aromatic N) is 6. The van der Waals surface area contributed by atoms with Crippen LogP contribution in [0.4, 0.5) is 5.95 Å². The third-order valence-corrected chi connectivity index (χ3v) is 4.67. The van der Waals surface area contributed by atoms with Crippen molar-refractivity contribution in [3.63, 3.8) is 0 Å². The molecule has 4 rings (SSSR count). The second kappa shape index (κ2) is 6.14. The van der Waals surface area contributed by atoms with Gasteiger partial charge in [0.2, 0.25) is 5.89 Å². The van der Waals surface area contributed by atoms with Gasteiger partial charge in [0.05, 0.1) is 18.7 Å². The molecule has 1 aliphatic carbocycles. The second-order valence-electron chi connectivity index (χ2n) is 6.77. The average Bonchev–Trinajstić information content (AvgIpc) is 3.01. The van der Waals surface area contributed by atoms with E-state index in [1.54, 1.807) is 7.11 Å². The number of nitrogens with one attached hydrogen (secondary N) is 1. The first kappa shape index (κ1) is 15.5. The maximum Gasteiger partial charge on any atom is 0.265 e. The van der Waals surface area contributed by atoms with E-state index in [1.165, 1.54) is 12.8 Å². The molecule has 0 spiro atoms. The van der Waals surface area contributed by atoms with E-state index in [0.717, 1.165) is 24.6 Å². The van der Waals surface area contributed by atoms with Crippen LogP contribution in [-0.2, 0) is 11.3 Å². The van der Waals surface area contributed by atoms with Gasteiger partial charge in [-0.2, -0.15) is 10.1 Å². The Hall–Kier alpha value is -2.00. The summed E-state index contributed by atoms with van der Waals surface area (Å²) < 4.78 is 10.9. The van der Waals surface area contributed by atoms with Gasteiger partial charge in [-0.25, -0.2) is 4.98 Å². The van der Waals surface area contributed by atoms with Crippen molar-refractivity contribution in [1.29, 1.82) is 0 Å². The standard InChI is InChI=1S/C15H23N7O2/c1-21(2)15-16-12(24-20-15)8-22-7-10(23-3)6-11(22)14-17-13(18-19-14)9-4-5-9/h9-11H,4-8H2,1-3H3,(H,17,18,19)/t10-,11+/m1/s1. The van der Waals surface area contributed by atoms with Crippen molar-refractivity contribution in [2.75, 3.05) is 32.6 Å². The highest BCUT2D eigenvalue weighted by Gasteiger charge is 2.37. The quantitative estimate of drug-likeness (QED) is 0.839. The van der Waals surface area contributed by atoms with Gasteiger partial charge in [0.15, 0.2) is 5.82 Å². The number of methoxy groups -OCH3 is 1. The van der Waals surface area contributed by atoms with E-state index in [9.17, 15) is 0 Å². The van der Waals surface area contributed by atoms with Crippen molar-refractivity contribution in [1.82, 2.24) is 30.2 Å². The van der Waals surface area contributed by atoms with Crippen molar-refractivity contribution >= 4 is 5.95 Å². The lowest BCUT2D eigenvalue weighted by Crippen LogP contribution is -2.25. The molecule has 2 fully saturated rings. The first-order valence-electron chi connectivity index (χ1n) is 8.33. The third kappa shape index (κ3) is 3.01. The second-order valence-corrected chi connectivity index (χ2v) is 6.77. The highest BCUT2D eigenvalue weighted by molar-refractivity contribution is 5.23. The van der Waals surface area contributed by atoms with Gasteiger partial charge >= 0.3 is 0 Å². The first-order valence-corrected chi connectivity index (χ1v) is 8.33. The minimum Gasteiger partial charge on any atom is -0.380 e. The van der Waals surface area contributed by atoms with Crippen molar-refractivity contribution in [2.45, 2.75) is 43.9 Å². The van der Waals surface area contributed by atoms with Crippen LogP contribution >= 0.6 is 0 Å². The molecule has 2 aromatic heterocycles. The summed E-state index contributed by atoms with van der Waals surface area (Å²) in [6, 6.07) is 0.129. The molecule has 1 N–H and O–H groups in total. The number of hydrogen-bond acceptors (Lipinski definition) is 8. The first-order chi connectivity index (χ1) is 11.6. The molecule has 0 aromatic carbocycles. The van der Waals surface area contributed by atoms with E-state index in [2.05, 4.69) is 25.2 Å². The third-order valence-electron chi connectivity index (χ3n) is 4.67. The van der Waals surface area contributed by atoms with Crippen molar-refractivity contribution in [3.05, 3.63) is 17.5 Å². The van der Waals surface area contributed by atoms with Gasteiger partial charge in [0, 0.05) is 33.7 Å². The van der Waals surface area contributed by atoms with E-state index in [1.807, 2.05) is 19.0 Å². The molecule has 3 heterocycles. The smallest absolute Gasteiger partial charge is 0.265 e. The normalized spacial score (nSPS) is 24.6. The van der Waals surface area contributed by atoms with Crippen LogP contribution in [0.3, 0.4) is 0 Å². The predicted octanol–water partition coefficient (Wildman–Crippen LogP) is 1.09. The Morgan fingerprint density at radius 1 is 1.33 bits per heavy atom. The van der Waals surface area contributed by atoms with Gasteiger partial charge in [-0.15, -0.1) is 0 Å². The largest absolute Gasteiger partial charge is 0.380 e. The fraction of sp³-hybridized carbons (Fsp3) is 0.733. The van der Waals surface area contributed by atoms with Gasteiger partial charge < -0.3 is 14.2 Å². The van der Waals surface area contributed by atoms with Crippen LogP contribution in [0.1, 0.15) is 48.8 Å². The van der Waals surface area contributed by atoms with Gasteiger partial charge in [-0.1, -0.05) is 0 Å². The van der Waals surface area contributed by atoms with Gasteiger partial charge in [-0.3, -0.25) is 10.00 Å². The van der Waals surface area contributed by atoms with E-state index in [4.69, 9.17) is 14.2 Å². The summed E-state index contributed by atoms with van der Waals surface area (Å²) in [5, 5.41) is 11.5. The predicted molar refractivity (Wildman–Crippen MR) is 85.5 cm³/mol. The molecule has 0 bridgehead atoms. The Bertz CT molecular complexity index is 694. The highest BCUT2D eigenvalue weighted by atomic mass is 16.5. The van der Waals surface area contributed by atoms with E-state index >= 15 is 0 Å². The van der Waals surface area contributed by atoms with E-state index in [-0.39, 0.29) is 12.1 Å². The number of aromatic amines is 1. The van der Waals surface area contributed by atoms with Crippen molar-refractivity contribution in [3.8, 4) is 0 Å². The number of ether oxygens (including phenoxy) is 1. The summed E-state index contributed by atoms with van der Waals surface area (Å²) in [6.45, 7) is 1.38. The molecule has 2 aromatic rings. The summed E-state index contributed by atoms with van der Waals surface area (Å²) in [4.78, 5) is 13.2. The Morgan fingerprint density at radius 2 is 2.17 bits per heavy atom. The van der Waals surface area contributed by atoms with Crippen molar-refractivity contribution < 1.29 is 9.26 Å². The molecule has 2 aliphatic rings. The number of anilines is 1. The molecule has 130 valence electrons. The van der Waals surface area contributed by atoms with Crippen LogP contribution < -0.4 is 4.90 Å². The van der Waals surface area contributed by atoms with Gasteiger partial charge in [0.1, 0.15) is 5.82 Å². The number of rotatable bonds is 6. The maximum absolute atomic E-state index is 5.56. The molecule has 0 unspecified atom stereocenters. The summed E-state index contributed by atoms with van der Waals surface area (Å²) in [6.07, 6.45) is 3.44. The summed E-state index contributed by atoms with van der Waals surface area (Å²) in [7, 11) is 5.53. The Labute approximate surface area is 140 Å². The lowest BCUT2D eigenvalue weighted by molar-refractivity contribution is 0.105. The Morgan fingerprint density at radius 3 is 2.83 bits per heavy atom. The molecule has 1 saturated carbocycles. The zero-order chi connectivity index (χ0) is 16.7. The average molecular weight is 333 g/mol. The molecule has 0 amide bonds. The van der Waals surface area contributed by atoms with Crippen LogP contribution in [0.5, 0.6) is 0 Å². The summed E-state index contributed by atoms with van der Waals surface area (Å²) >= 11 is 0. The molecular formula is C15H23N7O2. The Kier molecular flexibility index (Phi) is 3.97. The molecule has 24 heavy (non-hydrogen) atoms. The summed E-state index contributed by atoms with van der Waals surface area (Å²) in [5.74, 6) is 3.58. The highest BCUT2D eigenvalue weighted by Crippen LogP contribution is 2.39. The molecule has 9 heteroatoms. The minimum absolute atomic E-state index is 0.129. The van der Waals surface area contributed by atoms with Crippen LogP contribution in [0.2, 0.25) is 0 Å². The lowest BCUT2D eigenvalue weighted by atomic mass is 10.2. The van der Waals surface area contributed by atoms with Crippen LogP contribution in [0, 0.1) is 0 Å². The number of aromatic nitrogens is 5. The van der Waals surface area contributed by atoms with Crippen LogP contribution in [-0.4, -0.2) is 64.1 Å². The van der Waals surface area contributed by atoms with E-state index < -0.39 is 0 Å². The zero-order valence-corrected chi connectivity index (χ0v) is 14.3. The Balaban J connectivity index is 1.51. The lowest BCUT2D eigenvalue weighted by Gasteiger charge is -2.19. The molecule has 0 radical (unpaired) electrons. The van der Waals surface area contributed by atoms with Crippen LogP contribution in [0.25, 0.3) is 0 Å². The molecule has 1 saturated heterocycles. The van der Waals surface area contributed by atoms with Crippen molar-refractivity contribution in [2.24, 2.45) is 0 Å². The molecular weight excluding hydrogens is 310 g/mol. The monoisotopic (exact) mass is 333 g/mol. The topological polar surface area (TPSA) is 96.2 Å². The number of H-pyrrole nitrogens is 1. The molecule has 9 nitrogen and oxygen atoms in total. The molecule has 2 atom stereocenters. The fourth-order valence-corrected chi connectivity index (χ4v) is 3.12. The zero-order valence-electron chi connectivity index (χ0n) is 14.3. The van der Waals surface area contributed by atoms with Crippen LogP contribution in [0.15, 0.2) is 4.52 Å². The van der Waals surface area contributed by atoms with Gasteiger partial charge in [-0.05, 0) is 24.4 Å². The molecule has 1 aliphatic heterocycles. The maximum atomic E-state index is 5.56.